The third-order valence-corrected chi connectivity index (χ3v) is 6.64. The molecule has 2 aromatic heterocycles. The Kier molecular flexibility index (Phi) is 6.11. The average molecular weight is 448 g/mol. The number of carbonyl (C=O) groups excluding carboxylic acids is 2. The summed E-state index contributed by atoms with van der Waals surface area (Å²) in [5.74, 6) is -0.0260. The van der Waals surface area contributed by atoms with Crippen LogP contribution in [0.3, 0.4) is 0 Å². The highest BCUT2D eigenvalue weighted by Crippen LogP contribution is 2.28. The zero-order chi connectivity index (χ0) is 21.3. The zero-order valence-corrected chi connectivity index (χ0v) is 18.3. The van der Waals surface area contributed by atoms with Crippen LogP contribution < -0.4 is 0 Å². The Morgan fingerprint density at radius 1 is 1.23 bits per heavy atom. The van der Waals surface area contributed by atoms with E-state index in [1.807, 2.05) is 35.1 Å². The van der Waals surface area contributed by atoms with Gasteiger partial charge in [-0.2, -0.15) is 0 Å². The van der Waals surface area contributed by atoms with Crippen molar-refractivity contribution in [1.29, 1.82) is 0 Å². The molecular formula is C22H23ClFN3O2S. The van der Waals surface area contributed by atoms with Crippen molar-refractivity contribution in [3.05, 3.63) is 58.9 Å². The Morgan fingerprint density at radius 3 is 2.80 bits per heavy atom. The maximum absolute atomic E-state index is 13.7. The van der Waals surface area contributed by atoms with Crippen LogP contribution in [0.5, 0.6) is 0 Å². The van der Waals surface area contributed by atoms with Gasteiger partial charge in [-0.15, -0.1) is 22.9 Å². The largest absolute Gasteiger partial charge is 0.336 e. The molecule has 1 fully saturated rings. The summed E-state index contributed by atoms with van der Waals surface area (Å²) in [5.41, 5.74) is 1.40. The number of nitrogens with zero attached hydrogens (tertiary/aromatic N) is 3. The third-order valence-electron chi connectivity index (χ3n) is 5.49. The molecule has 3 heterocycles. The van der Waals surface area contributed by atoms with Gasteiger partial charge in [-0.05, 0) is 42.1 Å². The number of fused-ring (bicyclic) bond motifs is 1. The third kappa shape index (κ3) is 4.09. The number of hydrogen-bond donors (Lipinski definition) is 0. The molecule has 3 aromatic rings. The average Bonchev–Trinajstić information content (AvgIpc) is 3.30. The molecule has 0 bridgehead atoms. The fraction of sp³-hybridized carbons (Fsp3) is 0.364. The lowest BCUT2D eigenvalue weighted by Gasteiger charge is -2.40. The first-order valence-electron chi connectivity index (χ1n) is 9.94. The first-order chi connectivity index (χ1) is 14.5. The molecule has 1 aromatic carbocycles. The van der Waals surface area contributed by atoms with Crippen LogP contribution in [0.25, 0.3) is 10.2 Å². The molecule has 0 spiro atoms. The second-order valence-electron chi connectivity index (χ2n) is 7.55. The molecule has 0 radical (unpaired) electrons. The molecule has 1 unspecified atom stereocenters. The van der Waals surface area contributed by atoms with E-state index in [4.69, 9.17) is 11.6 Å². The molecule has 4 rings (SSSR count). The molecule has 158 valence electrons. The van der Waals surface area contributed by atoms with Gasteiger partial charge in [0.2, 0.25) is 5.91 Å². The summed E-state index contributed by atoms with van der Waals surface area (Å²) in [6, 6.07) is 10.3. The van der Waals surface area contributed by atoms with E-state index in [-0.39, 0.29) is 23.7 Å². The topological polar surface area (TPSA) is 45.6 Å². The molecule has 1 saturated heterocycles. The fourth-order valence-corrected chi connectivity index (χ4v) is 5.08. The van der Waals surface area contributed by atoms with Crippen LogP contribution in [0, 0.1) is 5.82 Å². The summed E-state index contributed by atoms with van der Waals surface area (Å²) >= 11 is 7.27. The van der Waals surface area contributed by atoms with E-state index in [2.05, 4.69) is 0 Å². The standard InChI is InChI=1S/C22H23ClFN3O2S/c1-15-13-25(8-9-26(15)20(28)5-7-23)21(29)19-12-17-6-10-30-22(17)27(19)14-16-3-2-4-18(24)11-16/h2-4,6,10-12,15H,5,7-9,13-14H2,1H3. The summed E-state index contributed by atoms with van der Waals surface area (Å²) in [5, 5.41) is 2.99. The Hall–Kier alpha value is -2.38. The van der Waals surface area contributed by atoms with E-state index in [0.29, 0.717) is 44.2 Å². The van der Waals surface area contributed by atoms with Gasteiger partial charge in [0.1, 0.15) is 16.3 Å². The molecule has 0 aliphatic carbocycles. The molecular weight excluding hydrogens is 425 g/mol. The van der Waals surface area contributed by atoms with Crippen molar-refractivity contribution >= 4 is 45.0 Å². The molecule has 1 atom stereocenters. The van der Waals surface area contributed by atoms with Gasteiger partial charge in [0.15, 0.2) is 0 Å². The van der Waals surface area contributed by atoms with Gasteiger partial charge < -0.3 is 14.4 Å². The number of aromatic nitrogens is 1. The number of benzene rings is 1. The molecule has 8 heteroatoms. The van der Waals surface area contributed by atoms with Gasteiger partial charge in [-0.1, -0.05) is 12.1 Å². The van der Waals surface area contributed by atoms with Crippen LogP contribution in [-0.2, 0) is 11.3 Å². The smallest absolute Gasteiger partial charge is 0.270 e. The number of halogens is 2. The number of hydrogen-bond acceptors (Lipinski definition) is 3. The van der Waals surface area contributed by atoms with Gasteiger partial charge in [-0.25, -0.2) is 4.39 Å². The van der Waals surface area contributed by atoms with E-state index in [1.165, 1.54) is 12.1 Å². The highest BCUT2D eigenvalue weighted by molar-refractivity contribution is 7.16. The van der Waals surface area contributed by atoms with Crippen LogP contribution in [0.15, 0.2) is 41.8 Å². The number of alkyl halides is 1. The number of rotatable bonds is 5. The maximum atomic E-state index is 13.7. The summed E-state index contributed by atoms with van der Waals surface area (Å²) < 4.78 is 15.6. The SMILES string of the molecule is CC1CN(C(=O)c2cc3ccsc3n2Cc2cccc(F)c2)CCN1C(=O)CCCl. The van der Waals surface area contributed by atoms with Crippen LogP contribution in [0.2, 0.25) is 0 Å². The number of piperazine rings is 1. The van der Waals surface area contributed by atoms with E-state index >= 15 is 0 Å². The van der Waals surface area contributed by atoms with Crippen LogP contribution in [0.4, 0.5) is 4.39 Å². The maximum Gasteiger partial charge on any atom is 0.270 e. The Morgan fingerprint density at radius 2 is 2.07 bits per heavy atom. The van der Waals surface area contributed by atoms with Gasteiger partial charge in [0.05, 0.1) is 0 Å². The quantitative estimate of drug-likeness (QED) is 0.550. The number of thiophene rings is 1. The first-order valence-corrected chi connectivity index (χ1v) is 11.3. The lowest BCUT2D eigenvalue weighted by Crippen LogP contribution is -2.55. The highest BCUT2D eigenvalue weighted by atomic mass is 35.5. The Bertz CT molecular complexity index is 1080. The minimum Gasteiger partial charge on any atom is -0.336 e. The predicted octanol–water partition coefficient (Wildman–Crippen LogP) is 4.19. The van der Waals surface area contributed by atoms with Crippen LogP contribution >= 0.6 is 22.9 Å². The highest BCUT2D eigenvalue weighted by Gasteiger charge is 2.31. The normalized spacial score (nSPS) is 17.0. The van der Waals surface area contributed by atoms with Crippen LogP contribution in [-0.4, -0.2) is 57.7 Å². The summed E-state index contributed by atoms with van der Waals surface area (Å²) in [6.45, 7) is 3.84. The van der Waals surface area contributed by atoms with Crippen molar-refractivity contribution in [3.63, 3.8) is 0 Å². The minimum absolute atomic E-state index is 0.0274. The van der Waals surface area contributed by atoms with Gasteiger partial charge >= 0.3 is 0 Å². The lowest BCUT2D eigenvalue weighted by molar-refractivity contribution is -0.134. The molecule has 0 N–H and O–H groups in total. The van der Waals surface area contributed by atoms with Gasteiger partial charge in [0, 0.05) is 49.9 Å². The van der Waals surface area contributed by atoms with Gasteiger partial charge in [0.25, 0.3) is 5.91 Å². The summed E-state index contributed by atoms with van der Waals surface area (Å²) in [6.07, 6.45) is 0.312. The van der Waals surface area contributed by atoms with Crippen molar-refractivity contribution in [2.75, 3.05) is 25.5 Å². The fourth-order valence-electron chi connectivity index (χ4n) is 4.03. The molecule has 0 saturated carbocycles. The summed E-state index contributed by atoms with van der Waals surface area (Å²) in [4.78, 5) is 30.2. The zero-order valence-electron chi connectivity index (χ0n) is 16.7. The van der Waals surface area contributed by atoms with Crippen molar-refractivity contribution in [3.8, 4) is 0 Å². The van der Waals surface area contributed by atoms with E-state index in [1.54, 1.807) is 27.2 Å². The second-order valence-corrected chi connectivity index (χ2v) is 8.83. The molecule has 30 heavy (non-hydrogen) atoms. The lowest BCUT2D eigenvalue weighted by atomic mass is 10.1. The minimum atomic E-state index is -0.290. The number of carbonyl (C=O) groups is 2. The second kappa shape index (κ2) is 8.78. The molecule has 2 amide bonds. The predicted molar refractivity (Wildman–Crippen MR) is 118 cm³/mol. The molecule has 5 nitrogen and oxygen atoms in total. The molecule has 1 aliphatic heterocycles. The van der Waals surface area contributed by atoms with Crippen molar-refractivity contribution in [2.45, 2.75) is 25.9 Å². The van der Waals surface area contributed by atoms with E-state index < -0.39 is 0 Å². The van der Waals surface area contributed by atoms with Crippen molar-refractivity contribution in [1.82, 2.24) is 14.4 Å². The Labute approximate surface area is 183 Å². The summed E-state index contributed by atoms with van der Waals surface area (Å²) in [7, 11) is 0. The first kappa shape index (κ1) is 20.9. The van der Waals surface area contributed by atoms with Crippen LogP contribution in [0.1, 0.15) is 29.4 Å². The molecule has 1 aliphatic rings. The monoisotopic (exact) mass is 447 g/mol. The van der Waals surface area contributed by atoms with E-state index in [0.717, 1.165) is 15.8 Å². The Balaban J connectivity index is 1.58. The number of amides is 2. The van der Waals surface area contributed by atoms with Crippen molar-refractivity contribution < 1.29 is 14.0 Å². The van der Waals surface area contributed by atoms with E-state index in [9.17, 15) is 14.0 Å². The van der Waals surface area contributed by atoms with Crippen molar-refractivity contribution in [2.24, 2.45) is 0 Å². The van der Waals surface area contributed by atoms with Gasteiger partial charge in [-0.3, -0.25) is 9.59 Å².